The van der Waals surface area contributed by atoms with Crippen molar-refractivity contribution in [2.45, 2.75) is 93.8 Å². The first-order valence-corrected chi connectivity index (χ1v) is 32.7. The monoisotopic (exact) mass is 1370 g/mol. The highest BCUT2D eigenvalue weighted by molar-refractivity contribution is 5.93. The lowest BCUT2D eigenvalue weighted by molar-refractivity contribution is -0.336. The highest BCUT2D eigenvalue weighted by Gasteiger charge is 2.57. The minimum absolute atomic E-state index is 0.00504. The first-order valence-electron chi connectivity index (χ1n) is 32.7. The van der Waals surface area contributed by atoms with Crippen LogP contribution in [-0.4, -0.2) is 154 Å². The predicted octanol–water partition coefficient (Wildman–Crippen LogP) is 11.1. The Balaban J connectivity index is 1.01. The summed E-state index contributed by atoms with van der Waals surface area (Å²) in [6.07, 6.45) is -20.2. The summed E-state index contributed by atoms with van der Waals surface area (Å²) in [5.74, 6) is -8.22. The van der Waals surface area contributed by atoms with Gasteiger partial charge in [0.05, 0.1) is 70.4 Å². The van der Waals surface area contributed by atoms with E-state index in [1.807, 2.05) is 13.8 Å². The largest absolute Gasteiger partial charge is 0.459 e. The molecule has 11 rings (SSSR count). The molecule has 0 bridgehead atoms. The molecule has 3 aliphatic rings. The van der Waals surface area contributed by atoms with Crippen molar-refractivity contribution in [3.8, 4) is 0 Å². The van der Waals surface area contributed by atoms with Crippen LogP contribution in [0.25, 0.3) is 0 Å². The highest BCUT2D eigenvalue weighted by atomic mass is 16.8. The molecule has 0 N–H and O–H groups in total. The topological polar surface area (TPSA) is 266 Å². The highest BCUT2D eigenvalue weighted by Crippen LogP contribution is 2.38. The van der Waals surface area contributed by atoms with E-state index in [0.29, 0.717) is 0 Å². The Morgan fingerprint density at radius 3 is 0.822 bits per heavy atom. The minimum atomic E-state index is -1.97. The van der Waals surface area contributed by atoms with Crippen LogP contribution < -0.4 is 0 Å². The van der Waals surface area contributed by atoms with Gasteiger partial charge in [0.2, 0.25) is 0 Å². The third-order valence-electron chi connectivity index (χ3n) is 17.1. The SMILES string of the molecule is C=CCOC1O[C@H](CO[C@@H]2O[C@H](CO[C@@H]3O[C@H](COC(=O)c4ccccc4)[C@@H](C)[C@H](C)[C@H]3OC(=O)c3ccccc3)[C@@H](OC(=O)c3ccccc3)[C@H](OC(=O)c3ccccc3)[C@H]2OC(=O)c2ccccc2)[C@@H](OC(=O)c2ccccc2)[C@H](OC(=O)c2ccccc2)[C@H]1OC(=O)c1ccccc1. The van der Waals surface area contributed by atoms with E-state index < -0.39 is 153 Å². The van der Waals surface area contributed by atoms with E-state index in [4.69, 9.17) is 66.3 Å². The molecule has 22 nitrogen and oxygen atoms in total. The van der Waals surface area contributed by atoms with E-state index in [1.54, 1.807) is 170 Å². The fourth-order valence-corrected chi connectivity index (χ4v) is 11.6. The van der Waals surface area contributed by atoms with Crippen LogP contribution in [0.5, 0.6) is 0 Å². The molecule has 3 fully saturated rings. The van der Waals surface area contributed by atoms with Gasteiger partial charge in [0.25, 0.3) is 0 Å². The molecule has 22 heteroatoms. The number of hydrogen-bond donors (Lipinski definition) is 0. The van der Waals surface area contributed by atoms with Crippen LogP contribution >= 0.6 is 0 Å². The van der Waals surface area contributed by atoms with E-state index in [2.05, 4.69) is 6.58 Å². The van der Waals surface area contributed by atoms with Crippen molar-refractivity contribution in [1.29, 1.82) is 0 Å². The summed E-state index contributed by atoms with van der Waals surface area (Å²) in [6, 6.07) is 63.4. The Bertz CT molecular complexity index is 4060. The minimum Gasteiger partial charge on any atom is -0.459 e. The van der Waals surface area contributed by atoms with Gasteiger partial charge in [0.15, 0.2) is 61.6 Å². The molecular formula is C79H72O22. The maximum atomic E-state index is 14.8. The maximum Gasteiger partial charge on any atom is 0.338 e. The van der Waals surface area contributed by atoms with Crippen LogP contribution in [0.3, 0.4) is 0 Å². The quantitative estimate of drug-likeness (QED) is 0.0277. The van der Waals surface area contributed by atoms with Crippen molar-refractivity contribution >= 4 is 47.8 Å². The lowest BCUT2D eigenvalue weighted by Gasteiger charge is -2.47. The Hall–Kier alpha value is -11.0. The van der Waals surface area contributed by atoms with Crippen molar-refractivity contribution in [1.82, 2.24) is 0 Å². The molecule has 15 atom stereocenters. The molecular weight excluding hydrogens is 1300 g/mol. The van der Waals surface area contributed by atoms with Gasteiger partial charge in [0.1, 0.15) is 18.8 Å². The zero-order valence-corrected chi connectivity index (χ0v) is 54.8. The third kappa shape index (κ3) is 18.3. The molecule has 101 heavy (non-hydrogen) atoms. The number of ether oxygens (including phenoxy) is 14. The van der Waals surface area contributed by atoms with E-state index in [-0.39, 0.29) is 57.7 Å². The van der Waals surface area contributed by atoms with Gasteiger partial charge >= 0.3 is 47.8 Å². The number of carbonyl (C=O) groups is 8. The number of rotatable bonds is 26. The molecule has 1 unspecified atom stereocenters. The summed E-state index contributed by atoms with van der Waals surface area (Å²) in [7, 11) is 0. The molecule has 0 aliphatic carbocycles. The van der Waals surface area contributed by atoms with Gasteiger partial charge in [-0.1, -0.05) is 166 Å². The van der Waals surface area contributed by atoms with Gasteiger partial charge in [-0.15, -0.1) is 6.58 Å². The second kappa shape index (κ2) is 34.7. The molecule has 520 valence electrons. The van der Waals surface area contributed by atoms with Gasteiger partial charge in [-0.05, 0) is 103 Å². The zero-order chi connectivity index (χ0) is 70.6. The summed E-state index contributed by atoms with van der Waals surface area (Å²) in [6.45, 7) is 5.41. The first-order chi connectivity index (χ1) is 49.2. The van der Waals surface area contributed by atoms with Gasteiger partial charge < -0.3 is 66.3 Å². The second-order valence-electron chi connectivity index (χ2n) is 23.8. The molecule has 8 aromatic rings. The molecule has 0 amide bonds. The molecule has 0 saturated carbocycles. The van der Waals surface area contributed by atoms with Crippen LogP contribution in [0.2, 0.25) is 0 Å². The number of hydrogen-bond acceptors (Lipinski definition) is 22. The summed E-state index contributed by atoms with van der Waals surface area (Å²) in [5.41, 5.74) is 0.698. The van der Waals surface area contributed by atoms with Crippen LogP contribution in [0.1, 0.15) is 96.7 Å². The van der Waals surface area contributed by atoms with Gasteiger partial charge in [-0.3, -0.25) is 0 Å². The van der Waals surface area contributed by atoms with Crippen molar-refractivity contribution in [2.75, 3.05) is 26.4 Å². The fraction of sp³-hybridized carbons (Fsp3) is 0.266. The Morgan fingerprint density at radius 2 is 0.525 bits per heavy atom. The van der Waals surface area contributed by atoms with Crippen molar-refractivity contribution < 1.29 is 105 Å². The van der Waals surface area contributed by atoms with E-state index in [0.717, 1.165) is 0 Å². The van der Waals surface area contributed by atoms with Gasteiger partial charge in [0, 0.05) is 5.92 Å². The van der Waals surface area contributed by atoms with Crippen LogP contribution in [0, 0.1) is 11.8 Å². The van der Waals surface area contributed by atoms with Crippen LogP contribution in [0.4, 0.5) is 0 Å². The Labute approximate surface area is 581 Å². The standard InChI is InChI=1S/C79H72O22/c1-4-45-88-78-67(100-75(86)57-41-25-11-26-42-57)65(98-73(84)55-37-21-9-22-38-55)63(96-71(82)53-33-17-7-18-34-53)60(93-78)48-91-79-68(101-76(87)58-43-27-12-28-44-58)66(99-74(85)56-39-23-10-24-40-56)64(97-72(83)54-35-19-8-20-36-54)61(94-79)47-90-77-62(95-70(81)52-31-15-6-16-32-52)50(3)49(2)59(92-77)46-89-69(80)51-29-13-5-14-30-51/h4-44,49-50,59-68,77-79H,1,45-48H2,2-3H3/t49-,50-,59+,60+,61+,62+,63+,64+,65-,66-,67+,68+,77+,78?,79+/m0/s1. The van der Waals surface area contributed by atoms with E-state index >= 15 is 0 Å². The second-order valence-corrected chi connectivity index (χ2v) is 23.8. The van der Waals surface area contributed by atoms with Crippen molar-refractivity contribution in [2.24, 2.45) is 11.8 Å². The van der Waals surface area contributed by atoms with E-state index in [9.17, 15) is 38.4 Å². The molecule has 8 aromatic carbocycles. The maximum absolute atomic E-state index is 14.8. The average Bonchev–Trinajstić information content (AvgIpc) is 0.769. The molecule has 0 spiro atoms. The molecule has 0 radical (unpaired) electrons. The summed E-state index contributed by atoms with van der Waals surface area (Å²) >= 11 is 0. The summed E-state index contributed by atoms with van der Waals surface area (Å²) in [4.78, 5) is 115. The van der Waals surface area contributed by atoms with Crippen molar-refractivity contribution in [3.63, 3.8) is 0 Å². The van der Waals surface area contributed by atoms with Gasteiger partial charge in [-0.2, -0.15) is 0 Å². The van der Waals surface area contributed by atoms with E-state index in [1.165, 1.54) is 78.9 Å². The molecule has 3 saturated heterocycles. The smallest absolute Gasteiger partial charge is 0.338 e. The number of carbonyl (C=O) groups excluding carboxylic acids is 8. The normalized spacial score (nSPS) is 24.6. The average molecular weight is 1370 g/mol. The van der Waals surface area contributed by atoms with Crippen LogP contribution in [0.15, 0.2) is 255 Å². The molecule has 0 aromatic heterocycles. The Morgan fingerprint density at radius 1 is 0.287 bits per heavy atom. The Kier molecular flexibility index (Phi) is 24.5. The van der Waals surface area contributed by atoms with Crippen LogP contribution in [-0.2, 0) is 66.3 Å². The lowest BCUT2D eigenvalue weighted by atomic mass is 9.83. The molecule has 3 aliphatic heterocycles. The lowest BCUT2D eigenvalue weighted by Crippen LogP contribution is -2.65. The van der Waals surface area contributed by atoms with Crippen molar-refractivity contribution in [3.05, 3.63) is 300 Å². The predicted molar refractivity (Wildman–Crippen MR) is 359 cm³/mol. The number of esters is 8. The summed E-state index contributed by atoms with van der Waals surface area (Å²) in [5, 5.41) is 0. The van der Waals surface area contributed by atoms with Gasteiger partial charge in [-0.25, -0.2) is 38.4 Å². The fourth-order valence-electron chi connectivity index (χ4n) is 11.6. The first kappa shape index (κ1) is 71.3. The zero-order valence-electron chi connectivity index (χ0n) is 54.8. The third-order valence-corrected chi connectivity index (χ3v) is 17.1. The summed E-state index contributed by atoms with van der Waals surface area (Å²) < 4.78 is 90.4. The number of benzene rings is 8. The molecule has 3 heterocycles.